The van der Waals surface area contributed by atoms with Crippen molar-refractivity contribution in [1.29, 1.82) is 0 Å². The summed E-state index contributed by atoms with van der Waals surface area (Å²) in [6, 6.07) is 2.33. The Hall–Kier alpha value is -0.650. The minimum atomic E-state index is -0.442. The van der Waals surface area contributed by atoms with E-state index in [-0.39, 0.29) is 13.0 Å². The second-order valence-electron chi connectivity index (χ2n) is 2.70. The molecule has 0 saturated heterocycles. The average Bonchev–Trinajstić information content (AvgIpc) is 2.18. The van der Waals surface area contributed by atoms with Gasteiger partial charge >= 0.3 is 0 Å². The largest absolute Gasteiger partial charge is 0.304 e. The van der Waals surface area contributed by atoms with Crippen LogP contribution >= 0.6 is 11.8 Å². The molecular formula is C9H11F2NOS. The number of hydrogen-bond donors (Lipinski definition) is 1. The zero-order chi connectivity index (χ0) is 10.6. The van der Waals surface area contributed by atoms with Gasteiger partial charge in [0.25, 0.3) is 0 Å². The van der Waals surface area contributed by atoms with Crippen molar-refractivity contribution in [1.82, 2.24) is 0 Å². The molecule has 5 heteroatoms. The minimum Gasteiger partial charge on any atom is -0.304 e. The van der Waals surface area contributed by atoms with Gasteiger partial charge in [-0.1, -0.05) is 0 Å². The van der Waals surface area contributed by atoms with Gasteiger partial charge < -0.3 is 4.84 Å². The third-order valence-electron chi connectivity index (χ3n) is 1.79. The lowest BCUT2D eigenvalue weighted by Gasteiger charge is -2.06. The number of halogens is 2. The molecule has 0 aliphatic rings. The first-order chi connectivity index (χ1) is 6.69. The number of nitrogens with two attached hydrogens (primary N) is 1. The summed E-state index contributed by atoms with van der Waals surface area (Å²) in [6.07, 6.45) is 1.97. The number of benzene rings is 1. The third kappa shape index (κ3) is 2.67. The monoisotopic (exact) mass is 219 g/mol. The summed E-state index contributed by atoms with van der Waals surface area (Å²) in [5, 5.41) is 0. The van der Waals surface area contributed by atoms with E-state index in [1.807, 2.05) is 0 Å². The van der Waals surface area contributed by atoms with Gasteiger partial charge in [-0.05, 0) is 24.0 Å². The van der Waals surface area contributed by atoms with Gasteiger partial charge in [0, 0.05) is 11.3 Å². The van der Waals surface area contributed by atoms with E-state index < -0.39 is 11.6 Å². The highest BCUT2D eigenvalue weighted by Crippen LogP contribution is 2.23. The highest BCUT2D eigenvalue weighted by atomic mass is 32.2. The van der Waals surface area contributed by atoms with Crippen molar-refractivity contribution in [2.45, 2.75) is 11.3 Å². The van der Waals surface area contributed by atoms with Crippen LogP contribution in [0.1, 0.15) is 5.56 Å². The highest BCUT2D eigenvalue weighted by Gasteiger charge is 2.09. The molecule has 0 unspecified atom stereocenters. The van der Waals surface area contributed by atoms with Gasteiger partial charge in [-0.25, -0.2) is 14.7 Å². The van der Waals surface area contributed by atoms with E-state index in [1.54, 1.807) is 6.26 Å². The molecule has 0 amide bonds. The van der Waals surface area contributed by atoms with E-state index in [0.29, 0.717) is 10.5 Å². The first-order valence-corrected chi connectivity index (χ1v) is 5.25. The highest BCUT2D eigenvalue weighted by molar-refractivity contribution is 7.98. The molecule has 0 aliphatic carbocycles. The molecule has 1 aromatic carbocycles. The SMILES string of the molecule is CSc1cc(F)cc(CCON)c1F. The zero-order valence-electron chi connectivity index (χ0n) is 7.72. The van der Waals surface area contributed by atoms with Crippen molar-refractivity contribution in [2.75, 3.05) is 12.9 Å². The van der Waals surface area contributed by atoms with Crippen LogP contribution in [-0.2, 0) is 11.3 Å². The quantitative estimate of drug-likeness (QED) is 0.622. The first-order valence-electron chi connectivity index (χ1n) is 4.02. The minimum absolute atomic E-state index is 0.175. The van der Waals surface area contributed by atoms with Crippen LogP contribution in [0.2, 0.25) is 0 Å². The van der Waals surface area contributed by atoms with E-state index in [1.165, 1.54) is 17.8 Å². The summed E-state index contributed by atoms with van der Waals surface area (Å²) < 4.78 is 26.5. The molecule has 0 spiro atoms. The maximum atomic E-state index is 13.5. The molecule has 0 fully saturated rings. The Bertz CT molecular complexity index is 320. The van der Waals surface area contributed by atoms with Crippen LogP contribution in [0.5, 0.6) is 0 Å². The molecule has 0 atom stereocenters. The summed E-state index contributed by atoms with van der Waals surface area (Å²) in [5.41, 5.74) is 0.291. The van der Waals surface area contributed by atoms with Gasteiger partial charge in [0.15, 0.2) is 0 Å². The van der Waals surface area contributed by atoms with Gasteiger partial charge in [0.1, 0.15) is 11.6 Å². The lowest BCUT2D eigenvalue weighted by Crippen LogP contribution is -2.06. The van der Waals surface area contributed by atoms with Crippen molar-refractivity contribution in [2.24, 2.45) is 5.90 Å². The summed E-state index contributed by atoms with van der Waals surface area (Å²) in [4.78, 5) is 4.62. The Labute approximate surface area is 85.4 Å². The van der Waals surface area contributed by atoms with E-state index in [0.717, 1.165) is 6.07 Å². The molecule has 0 heterocycles. The molecule has 0 radical (unpaired) electrons. The Morgan fingerprint density at radius 2 is 2.14 bits per heavy atom. The van der Waals surface area contributed by atoms with Crippen LogP contribution in [0.3, 0.4) is 0 Å². The van der Waals surface area contributed by atoms with Gasteiger partial charge in [-0.3, -0.25) is 0 Å². The van der Waals surface area contributed by atoms with Crippen LogP contribution in [0.4, 0.5) is 8.78 Å². The maximum absolute atomic E-state index is 13.5. The smallest absolute Gasteiger partial charge is 0.140 e. The topological polar surface area (TPSA) is 35.2 Å². The summed E-state index contributed by atoms with van der Waals surface area (Å²) in [7, 11) is 0. The molecule has 1 aromatic rings. The van der Waals surface area contributed by atoms with Crippen molar-refractivity contribution < 1.29 is 13.6 Å². The van der Waals surface area contributed by atoms with Gasteiger partial charge in [0.05, 0.1) is 6.61 Å². The fourth-order valence-electron chi connectivity index (χ4n) is 1.12. The molecule has 14 heavy (non-hydrogen) atoms. The van der Waals surface area contributed by atoms with Crippen LogP contribution in [0.25, 0.3) is 0 Å². The number of rotatable bonds is 4. The van der Waals surface area contributed by atoms with Crippen molar-refractivity contribution in [3.63, 3.8) is 0 Å². The van der Waals surface area contributed by atoms with Crippen molar-refractivity contribution >= 4 is 11.8 Å². The van der Waals surface area contributed by atoms with Crippen LogP contribution in [-0.4, -0.2) is 12.9 Å². The average molecular weight is 219 g/mol. The fourth-order valence-corrected chi connectivity index (χ4v) is 1.66. The summed E-state index contributed by atoms with van der Waals surface area (Å²) in [5.74, 6) is 3.98. The molecule has 0 aliphatic heterocycles. The molecule has 0 bridgehead atoms. The Kier molecular flexibility index (Phi) is 4.31. The molecule has 0 saturated carbocycles. The van der Waals surface area contributed by atoms with E-state index in [2.05, 4.69) is 4.84 Å². The van der Waals surface area contributed by atoms with E-state index in [4.69, 9.17) is 5.90 Å². The molecule has 0 aromatic heterocycles. The van der Waals surface area contributed by atoms with Crippen molar-refractivity contribution in [3.8, 4) is 0 Å². The molecule has 1 rings (SSSR count). The Morgan fingerprint density at radius 1 is 1.43 bits per heavy atom. The number of hydrogen-bond acceptors (Lipinski definition) is 3. The molecule has 2 nitrogen and oxygen atoms in total. The standard InChI is InChI=1S/C9H11F2NOS/c1-14-8-5-7(10)4-6(9(8)11)2-3-13-12/h4-5H,2-3,12H2,1H3. The Balaban J connectivity index is 2.96. The molecule has 2 N–H and O–H groups in total. The third-order valence-corrected chi connectivity index (χ3v) is 2.53. The second kappa shape index (κ2) is 5.29. The number of thioether (sulfide) groups is 1. The fraction of sp³-hybridized carbons (Fsp3) is 0.333. The van der Waals surface area contributed by atoms with Crippen LogP contribution < -0.4 is 5.90 Å². The molecular weight excluding hydrogens is 208 g/mol. The van der Waals surface area contributed by atoms with Gasteiger partial charge in [-0.15, -0.1) is 11.8 Å². The first kappa shape index (κ1) is 11.4. The summed E-state index contributed by atoms with van der Waals surface area (Å²) in [6.45, 7) is 0.175. The van der Waals surface area contributed by atoms with E-state index >= 15 is 0 Å². The van der Waals surface area contributed by atoms with Crippen LogP contribution in [0, 0.1) is 11.6 Å². The Morgan fingerprint density at radius 3 is 2.71 bits per heavy atom. The van der Waals surface area contributed by atoms with Gasteiger partial charge in [-0.2, -0.15) is 0 Å². The predicted molar refractivity (Wildman–Crippen MR) is 52.0 cm³/mol. The van der Waals surface area contributed by atoms with Gasteiger partial charge in [0.2, 0.25) is 0 Å². The van der Waals surface area contributed by atoms with Crippen LogP contribution in [0.15, 0.2) is 17.0 Å². The lowest BCUT2D eigenvalue weighted by molar-refractivity contribution is 0.140. The lowest BCUT2D eigenvalue weighted by atomic mass is 10.1. The van der Waals surface area contributed by atoms with E-state index in [9.17, 15) is 8.78 Å². The summed E-state index contributed by atoms with van der Waals surface area (Å²) >= 11 is 1.17. The maximum Gasteiger partial charge on any atom is 0.140 e. The molecule has 78 valence electrons. The van der Waals surface area contributed by atoms with Crippen molar-refractivity contribution in [3.05, 3.63) is 29.3 Å². The zero-order valence-corrected chi connectivity index (χ0v) is 8.54. The normalized spacial score (nSPS) is 10.6. The second-order valence-corrected chi connectivity index (χ2v) is 3.55. The predicted octanol–water partition coefficient (Wildman–Crippen LogP) is 2.12.